The Kier molecular flexibility index (Phi) is 2.02. The lowest BCUT2D eigenvalue weighted by atomic mass is 10.1. The Labute approximate surface area is 53.2 Å². The molecule has 1 fully saturated rings. The minimum atomic E-state index is -0.699. The first-order chi connectivity index (χ1) is 4.25. The van der Waals surface area contributed by atoms with Crippen LogP contribution in [-0.2, 0) is 4.74 Å². The summed E-state index contributed by atoms with van der Waals surface area (Å²) in [5, 5.41) is 17.6. The lowest BCUT2D eigenvalue weighted by Gasteiger charge is -2.10. The maximum absolute atomic E-state index is 9.05. The first kappa shape index (κ1) is 6.95. The van der Waals surface area contributed by atoms with Gasteiger partial charge < -0.3 is 20.7 Å². The molecule has 0 aliphatic carbocycles. The Balaban J connectivity index is 2.41. The summed E-state index contributed by atoms with van der Waals surface area (Å²) in [6.45, 7) is 0.182. The fourth-order valence-electron chi connectivity index (χ4n) is 0.868. The number of hydrogen-bond acceptors (Lipinski definition) is 4. The standard InChI is InChI=1S/C5H11NO3/c6-3-2-9-4(1-7)5(3)8/h3-5,7-8H,1-2,6H2/t3-,4?,5+/m1/s1. The van der Waals surface area contributed by atoms with Crippen molar-refractivity contribution in [3.63, 3.8) is 0 Å². The van der Waals surface area contributed by atoms with Crippen LogP contribution in [0.2, 0.25) is 0 Å². The average Bonchev–Trinajstić information content (AvgIpc) is 2.15. The van der Waals surface area contributed by atoms with Crippen LogP contribution in [0, 0.1) is 0 Å². The van der Waals surface area contributed by atoms with Crippen molar-refractivity contribution in [3.8, 4) is 0 Å². The number of rotatable bonds is 1. The molecule has 4 N–H and O–H groups in total. The lowest BCUT2D eigenvalue weighted by Crippen LogP contribution is -2.37. The molecule has 0 amide bonds. The molecule has 1 aliphatic rings. The smallest absolute Gasteiger partial charge is 0.108 e. The highest BCUT2D eigenvalue weighted by atomic mass is 16.5. The molecule has 1 unspecified atom stereocenters. The van der Waals surface area contributed by atoms with Gasteiger partial charge in [0.15, 0.2) is 0 Å². The van der Waals surface area contributed by atoms with Gasteiger partial charge in [0.05, 0.1) is 25.4 Å². The molecule has 0 aromatic heterocycles. The van der Waals surface area contributed by atoms with Crippen LogP contribution < -0.4 is 5.73 Å². The molecule has 0 radical (unpaired) electrons. The Bertz CT molecular complexity index is 98.2. The maximum Gasteiger partial charge on any atom is 0.108 e. The lowest BCUT2D eigenvalue weighted by molar-refractivity contribution is 0.00336. The molecule has 0 aromatic rings. The van der Waals surface area contributed by atoms with Crippen molar-refractivity contribution in [3.05, 3.63) is 0 Å². The van der Waals surface area contributed by atoms with Gasteiger partial charge >= 0.3 is 0 Å². The van der Waals surface area contributed by atoms with Crippen LogP contribution in [0.5, 0.6) is 0 Å². The van der Waals surface area contributed by atoms with E-state index in [0.29, 0.717) is 6.61 Å². The van der Waals surface area contributed by atoms with Gasteiger partial charge in [0, 0.05) is 0 Å². The van der Waals surface area contributed by atoms with Gasteiger partial charge in [-0.05, 0) is 0 Å². The number of nitrogens with two attached hydrogens (primary N) is 1. The third-order valence-electron chi connectivity index (χ3n) is 1.50. The molecule has 0 spiro atoms. The van der Waals surface area contributed by atoms with Crippen molar-refractivity contribution in [2.45, 2.75) is 18.2 Å². The van der Waals surface area contributed by atoms with E-state index in [1.165, 1.54) is 0 Å². The highest BCUT2D eigenvalue weighted by Crippen LogP contribution is 2.10. The normalized spacial score (nSPS) is 43.7. The first-order valence-electron chi connectivity index (χ1n) is 2.92. The van der Waals surface area contributed by atoms with Crippen LogP contribution in [-0.4, -0.2) is 41.7 Å². The molecule has 0 aromatic carbocycles. The van der Waals surface area contributed by atoms with Gasteiger partial charge in [0.25, 0.3) is 0 Å². The summed E-state index contributed by atoms with van der Waals surface area (Å²) in [5.41, 5.74) is 5.36. The molecule has 4 nitrogen and oxygen atoms in total. The van der Waals surface area contributed by atoms with E-state index in [1.54, 1.807) is 0 Å². The number of aliphatic hydroxyl groups excluding tert-OH is 2. The maximum atomic E-state index is 9.05. The van der Waals surface area contributed by atoms with E-state index in [0.717, 1.165) is 0 Å². The molecular weight excluding hydrogens is 122 g/mol. The van der Waals surface area contributed by atoms with E-state index < -0.39 is 12.2 Å². The van der Waals surface area contributed by atoms with Crippen LogP contribution >= 0.6 is 0 Å². The number of aliphatic hydroxyl groups is 2. The van der Waals surface area contributed by atoms with E-state index in [2.05, 4.69) is 0 Å². The SMILES string of the molecule is N[C@@H]1COC(CO)[C@H]1O. The highest BCUT2D eigenvalue weighted by Gasteiger charge is 2.32. The molecule has 54 valence electrons. The summed E-state index contributed by atoms with van der Waals surface area (Å²) < 4.78 is 4.90. The third kappa shape index (κ3) is 1.21. The van der Waals surface area contributed by atoms with Gasteiger partial charge in [-0.1, -0.05) is 0 Å². The van der Waals surface area contributed by atoms with Gasteiger partial charge in [-0.3, -0.25) is 0 Å². The predicted octanol–water partition coefficient (Wildman–Crippen LogP) is -1.93. The number of ether oxygens (including phenoxy) is 1. The second kappa shape index (κ2) is 2.62. The Hall–Kier alpha value is -0.160. The fraction of sp³-hybridized carbons (Fsp3) is 1.00. The zero-order chi connectivity index (χ0) is 6.85. The van der Waals surface area contributed by atoms with Gasteiger partial charge in [-0.15, -0.1) is 0 Å². The Morgan fingerprint density at radius 1 is 1.67 bits per heavy atom. The molecule has 9 heavy (non-hydrogen) atoms. The summed E-state index contributed by atoms with van der Waals surface area (Å²) in [6.07, 6.45) is -1.17. The zero-order valence-corrected chi connectivity index (χ0v) is 5.03. The van der Waals surface area contributed by atoms with Crippen molar-refractivity contribution in [2.24, 2.45) is 5.73 Å². The van der Waals surface area contributed by atoms with Crippen molar-refractivity contribution in [1.82, 2.24) is 0 Å². The van der Waals surface area contributed by atoms with Crippen LogP contribution in [0.3, 0.4) is 0 Å². The van der Waals surface area contributed by atoms with Gasteiger partial charge in [-0.25, -0.2) is 0 Å². The predicted molar refractivity (Wildman–Crippen MR) is 30.8 cm³/mol. The van der Waals surface area contributed by atoms with E-state index in [-0.39, 0.29) is 12.6 Å². The monoisotopic (exact) mass is 133 g/mol. The van der Waals surface area contributed by atoms with E-state index >= 15 is 0 Å². The third-order valence-corrected chi connectivity index (χ3v) is 1.50. The number of hydrogen-bond donors (Lipinski definition) is 3. The Morgan fingerprint density at radius 3 is 2.56 bits per heavy atom. The van der Waals surface area contributed by atoms with Crippen molar-refractivity contribution < 1.29 is 14.9 Å². The second-order valence-corrected chi connectivity index (χ2v) is 2.21. The topological polar surface area (TPSA) is 75.7 Å². The quantitative estimate of drug-likeness (QED) is 0.389. The molecule has 1 rings (SSSR count). The van der Waals surface area contributed by atoms with Crippen LogP contribution in [0.15, 0.2) is 0 Å². The summed E-state index contributed by atoms with van der Waals surface area (Å²) in [4.78, 5) is 0. The minimum absolute atomic E-state index is 0.158. The summed E-state index contributed by atoms with van der Waals surface area (Å²) in [6, 6.07) is -0.331. The van der Waals surface area contributed by atoms with Gasteiger partial charge in [0.2, 0.25) is 0 Å². The van der Waals surface area contributed by atoms with E-state index in [9.17, 15) is 0 Å². The van der Waals surface area contributed by atoms with Crippen LogP contribution in [0.4, 0.5) is 0 Å². The van der Waals surface area contributed by atoms with Crippen molar-refractivity contribution in [2.75, 3.05) is 13.2 Å². The molecule has 1 heterocycles. The Morgan fingerprint density at radius 2 is 2.33 bits per heavy atom. The minimum Gasteiger partial charge on any atom is -0.394 e. The molecule has 4 heteroatoms. The van der Waals surface area contributed by atoms with Crippen LogP contribution in [0.25, 0.3) is 0 Å². The second-order valence-electron chi connectivity index (χ2n) is 2.21. The zero-order valence-electron chi connectivity index (χ0n) is 5.03. The van der Waals surface area contributed by atoms with E-state index in [1.807, 2.05) is 0 Å². The summed E-state index contributed by atoms with van der Waals surface area (Å²) in [7, 11) is 0. The molecular formula is C5H11NO3. The van der Waals surface area contributed by atoms with Crippen molar-refractivity contribution in [1.29, 1.82) is 0 Å². The largest absolute Gasteiger partial charge is 0.394 e. The van der Waals surface area contributed by atoms with Gasteiger partial charge in [0.1, 0.15) is 6.10 Å². The molecule has 3 atom stereocenters. The first-order valence-corrected chi connectivity index (χ1v) is 2.92. The molecule has 0 saturated carbocycles. The molecule has 1 aliphatic heterocycles. The van der Waals surface area contributed by atoms with Crippen LogP contribution in [0.1, 0.15) is 0 Å². The average molecular weight is 133 g/mol. The van der Waals surface area contributed by atoms with Gasteiger partial charge in [-0.2, -0.15) is 0 Å². The molecule has 1 saturated heterocycles. The highest BCUT2D eigenvalue weighted by molar-refractivity contribution is 4.85. The molecule has 0 bridgehead atoms. The van der Waals surface area contributed by atoms with E-state index in [4.69, 9.17) is 20.7 Å². The van der Waals surface area contributed by atoms with Crippen molar-refractivity contribution >= 4 is 0 Å². The fourth-order valence-corrected chi connectivity index (χ4v) is 0.868. The summed E-state index contributed by atoms with van der Waals surface area (Å²) in [5.74, 6) is 0. The summed E-state index contributed by atoms with van der Waals surface area (Å²) >= 11 is 0.